The summed E-state index contributed by atoms with van der Waals surface area (Å²) in [5, 5.41) is 0. The Bertz CT molecular complexity index is 578. The standard InChI is InChI=1S/C16H18BrNO3/c1-16(2)10-14(20)18(15(16)21)9-3-4-13(19)11-5-7-12(17)8-6-11/h5-8H,3-4,9-10H2,1-2H3. The van der Waals surface area contributed by atoms with Gasteiger partial charge in [0.25, 0.3) is 0 Å². The molecule has 1 heterocycles. The summed E-state index contributed by atoms with van der Waals surface area (Å²) in [4.78, 5) is 37.1. The summed E-state index contributed by atoms with van der Waals surface area (Å²) in [5.74, 6) is -0.245. The Labute approximate surface area is 132 Å². The van der Waals surface area contributed by atoms with Crippen LogP contribution in [0.4, 0.5) is 0 Å². The highest BCUT2D eigenvalue weighted by molar-refractivity contribution is 9.10. The zero-order valence-corrected chi connectivity index (χ0v) is 13.8. The number of rotatable bonds is 5. The predicted octanol–water partition coefficient (Wildman–Crippen LogP) is 3.20. The van der Waals surface area contributed by atoms with Crippen LogP contribution in [0.3, 0.4) is 0 Å². The second kappa shape index (κ2) is 6.10. The highest BCUT2D eigenvalue weighted by atomic mass is 79.9. The van der Waals surface area contributed by atoms with Crippen LogP contribution in [0.5, 0.6) is 0 Å². The highest BCUT2D eigenvalue weighted by Crippen LogP contribution is 2.31. The van der Waals surface area contributed by atoms with Gasteiger partial charge in [-0.3, -0.25) is 19.3 Å². The number of benzene rings is 1. The second-order valence-corrected chi connectivity index (χ2v) is 6.86. The molecule has 0 aromatic heterocycles. The number of ketones is 1. The van der Waals surface area contributed by atoms with Crippen molar-refractivity contribution in [3.63, 3.8) is 0 Å². The Morgan fingerprint density at radius 2 is 1.86 bits per heavy atom. The van der Waals surface area contributed by atoms with E-state index in [4.69, 9.17) is 0 Å². The van der Waals surface area contributed by atoms with Gasteiger partial charge >= 0.3 is 0 Å². The van der Waals surface area contributed by atoms with E-state index in [1.54, 1.807) is 26.0 Å². The fraction of sp³-hybridized carbons (Fsp3) is 0.438. The monoisotopic (exact) mass is 351 g/mol. The van der Waals surface area contributed by atoms with Gasteiger partial charge in [-0.2, -0.15) is 0 Å². The lowest BCUT2D eigenvalue weighted by Gasteiger charge is -2.17. The van der Waals surface area contributed by atoms with Gasteiger partial charge in [0, 0.05) is 29.4 Å². The maximum Gasteiger partial charge on any atom is 0.235 e. The first-order valence-corrected chi connectivity index (χ1v) is 7.74. The first kappa shape index (κ1) is 15.9. The van der Waals surface area contributed by atoms with E-state index in [9.17, 15) is 14.4 Å². The van der Waals surface area contributed by atoms with Gasteiger partial charge in [0.05, 0.1) is 5.41 Å². The average molecular weight is 352 g/mol. The number of halogens is 1. The zero-order valence-electron chi connectivity index (χ0n) is 12.2. The van der Waals surface area contributed by atoms with Crippen molar-refractivity contribution < 1.29 is 14.4 Å². The molecule has 0 unspecified atom stereocenters. The van der Waals surface area contributed by atoms with Crippen LogP contribution in [0.15, 0.2) is 28.7 Å². The maximum absolute atomic E-state index is 12.0. The summed E-state index contributed by atoms with van der Waals surface area (Å²) in [6.45, 7) is 3.88. The number of hydrogen-bond acceptors (Lipinski definition) is 3. The topological polar surface area (TPSA) is 54.5 Å². The van der Waals surface area contributed by atoms with Gasteiger partial charge < -0.3 is 0 Å². The molecule has 1 fully saturated rings. The molecule has 0 atom stereocenters. The zero-order chi connectivity index (χ0) is 15.6. The molecule has 2 amide bonds. The summed E-state index contributed by atoms with van der Waals surface area (Å²) in [5.41, 5.74) is 0.0462. The Hall–Kier alpha value is -1.49. The van der Waals surface area contributed by atoms with Gasteiger partial charge in [-0.15, -0.1) is 0 Å². The van der Waals surface area contributed by atoms with Crippen molar-refractivity contribution in [2.45, 2.75) is 33.1 Å². The molecule has 1 aliphatic rings. The summed E-state index contributed by atoms with van der Waals surface area (Å²) >= 11 is 3.32. The molecule has 21 heavy (non-hydrogen) atoms. The highest BCUT2D eigenvalue weighted by Gasteiger charge is 2.44. The van der Waals surface area contributed by atoms with Crippen LogP contribution in [0.1, 0.15) is 43.5 Å². The predicted molar refractivity (Wildman–Crippen MR) is 82.8 cm³/mol. The van der Waals surface area contributed by atoms with Crippen LogP contribution in [0, 0.1) is 5.41 Å². The molecule has 5 heteroatoms. The lowest BCUT2D eigenvalue weighted by atomic mass is 9.92. The Morgan fingerprint density at radius 1 is 1.24 bits per heavy atom. The smallest absolute Gasteiger partial charge is 0.235 e. The van der Waals surface area contributed by atoms with E-state index in [2.05, 4.69) is 15.9 Å². The van der Waals surface area contributed by atoms with Crippen LogP contribution >= 0.6 is 15.9 Å². The molecule has 112 valence electrons. The van der Waals surface area contributed by atoms with Gasteiger partial charge in [0.2, 0.25) is 11.8 Å². The SMILES string of the molecule is CC1(C)CC(=O)N(CCCC(=O)c2ccc(Br)cc2)C1=O. The number of imide groups is 1. The van der Waals surface area contributed by atoms with Crippen molar-refractivity contribution in [3.8, 4) is 0 Å². The average Bonchev–Trinajstić information content (AvgIpc) is 2.61. The third-order valence-electron chi connectivity index (χ3n) is 3.67. The first-order chi connectivity index (χ1) is 9.81. The summed E-state index contributed by atoms with van der Waals surface area (Å²) in [6, 6.07) is 7.18. The van der Waals surface area contributed by atoms with Crippen molar-refractivity contribution >= 4 is 33.5 Å². The van der Waals surface area contributed by atoms with E-state index in [0.29, 0.717) is 24.9 Å². The molecular formula is C16H18BrNO3. The Balaban J connectivity index is 1.87. The molecule has 0 radical (unpaired) electrons. The molecule has 1 aromatic rings. The number of hydrogen-bond donors (Lipinski definition) is 0. The second-order valence-electron chi connectivity index (χ2n) is 5.94. The molecule has 0 spiro atoms. The third-order valence-corrected chi connectivity index (χ3v) is 4.20. The largest absolute Gasteiger partial charge is 0.294 e. The fourth-order valence-corrected chi connectivity index (χ4v) is 2.70. The molecule has 0 N–H and O–H groups in total. The summed E-state index contributed by atoms with van der Waals surface area (Å²) in [7, 11) is 0. The lowest BCUT2D eigenvalue weighted by Crippen LogP contribution is -2.34. The fourth-order valence-electron chi connectivity index (χ4n) is 2.43. The van der Waals surface area contributed by atoms with Gasteiger partial charge in [-0.25, -0.2) is 0 Å². The number of Topliss-reactive ketones (excluding diaryl/α,β-unsaturated/α-hetero) is 1. The number of carbonyl (C=O) groups is 3. The molecule has 4 nitrogen and oxygen atoms in total. The first-order valence-electron chi connectivity index (χ1n) is 6.95. The van der Waals surface area contributed by atoms with Crippen LogP contribution in [-0.4, -0.2) is 29.0 Å². The Morgan fingerprint density at radius 3 is 2.38 bits per heavy atom. The molecule has 1 saturated heterocycles. The quantitative estimate of drug-likeness (QED) is 0.604. The molecule has 1 aromatic carbocycles. The molecule has 2 rings (SSSR count). The van der Waals surface area contributed by atoms with E-state index < -0.39 is 5.41 Å². The van der Waals surface area contributed by atoms with Gasteiger partial charge in [0.1, 0.15) is 0 Å². The lowest BCUT2D eigenvalue weighted by molar-refractivity contribution is -0.140. The molecular weight excluding hydrogens is 334 g/mol. The molecule has 0 saturated carbocycles. The van der Waals surface area contributed by atoms with Crippen LogP contribution < -0.4 is 0 Å². The minimum Gasteiger partial charge on any atom is -0.294 e. The molecule has 0 aliphatic carbocycles. The minimum atomic E-state index is -0.604. The number of amides is 2. The normalized spacial score (nSPS) is 17.4. The van der Waals surface area contributed by atoms with Gasteiger partial charge in [-0.05, 0) is 18.6 Å². The van der Waals surface area contributed by atoms with Gasteiger partial charge in [-0.1, -0.05) is 41.9 Å². The van der Waals surface area contributed by atoms with Gasteiger partial charge in [0.15, 0.2) is 5.78 Å². The van der Waals surface area contributed by atoms with Crippen LogP contribution in [-0.2, 0) is 9.59 Å². The van der Waals surface area contributed by atoms with Crippen molar-refractivity contribution in [1.29, 1.82) is 0 Å². The van der Waals surface area contributed by atoms with Crippen molar-refractivity contribution in [2.24, 2.45) is 5.41 Å². The molecule has 1 aliphatic heterocycles. The number of carbonyl (C=O) groups excluding carboxylic acids is 3. The maximum atomic E-state index is 12.0. The van der Waals surface area contributed by atoms with Crippen molar-refractivity contribution in [1.82, 2.24) is 4.90 Å². The van der Waals surface area contributed by atoms with E-state index in [-0.39, 0.29) is 24.0 Å². The van der Waals surface area contributed by atoms with E-state index in [1.165, 1.54) is 4.90 Å². The number of nitrogens with zero attached hydrogens (tertiary/aromatic N) is 1. The summed E-state index contributed by atoms with van der Waals surface area (Å²) in [6.07, 6.45) is 1.09. The van der Waals surface area contributed by atoms with E-state index in [1.807, 2.05) is 12.1 Å². The van der Waals surface area contributed by atoms with Crippen LogP contribution in [0.2, 0.25) is 0 Å². The Kier molecular flexibility index (Phi) is 4.61. The van der Waals surface area contributed by atoms with E-state index in [0.717, 1.165) is 4.47 Å². The van der Waals surface area contributed by atoms with Crippen molar-refractivity contribution in [2.75, 3.05) is 6.54 Å². The van der Waals surface area contributed by atoms with Crippen molar-refractivity contribution in [3.05, 3.63) is 34.3 Å². The molecule has 0 bridgehead atoms. The van der Waals surface area contributed by atoms with E-state index >= 15 is 0 Å². The number of likely N-dealkylation sites (tertiary alicyclic amines) is 1. The van der Waals surface area contributed by atoms with Crippen LogP contribution in [0.25, 0.3) is 0 Å². The third kappa shape index (κ3) is 3.59. The minimum absolute atomic E-state index is 0.0286. The summed E-state index contributed by atoms with van der Waals surface area (Å²) < 4.78 is 0.926.